The molecule has 1 aliphatic heterocycles. The van der Waals surface area contributed by atoms with Crippen LogP contribution in [0.1, 0.15) is 29.0 Å². The minimum absolute atomic E-state index is 0.0343. The van der Waals surface area contributed by atoms with Crippen molar-refractivity contribution in [3.8, 4) is 0 Å². The number of benzene rings is 1. The number of amides is 1. The summed E-state index contributed by atoms with van der Waals surface area (Å²) in [5.74, 6) is -1.82. The van der Waals surface area contributed by atoms with Crippen molar-refractivity contribution >= 4 is 29.0 Å². The van der Waals surface area contributed by atoms with Crippen LogP contribution in [0.3, 0.4) is 0 Å². The number of carbonyl (C=O) groups excluding carboxylic acids is 2. The van der Waals surface area contributed by atoms with Gasteiger partial charge in [-0.05, 0) is 12.1 Å². The van der Waals surface area contributed by atoms with E-state index in [1.54, 1.807) is 0 Å². The van der Waals surface area contributed by atoms with Crippen molar-refractivity contribution in [3.05, 3.63) is 40.3 Å². The topological polar surface area (TPSA) is 76.3 Å². The summed E-state index contributed by atoms with van der Waals surface area (Å²) in [5.41, 5.74) is -0.273. The summed E-state index contributed by atoms with van der Waals surface area (Å²) in [6, 6.07) is 2.34. The number of hydrogen-bond donors (Lipinski definition) is 0. The van der Waals surface area contributed by atoms with Gasteiger partial charge in [0.15, 0.2) is 5.82 Å². The number of rotatable bonds is 3. The Hall–Kier alpha value is -2.28. The maximum Gasteiger partial charge on any atom is 0.300 e. The van der Waals surface area contributed by atoms with Gasteiger partial charge in [-0.1, -0.05) is 23.7 Å². The van der Waals surface area contributed by atoms with E-state index in [2.05, 4.69) is 10.1 Å². The molecule has 2 heterocycles. The van der Waals surface area contributed by atoms with Crippen LogP contribution in [-0.4, -0.2) is 21.8 Å². The zero-order valence-corrected chi connectivity index (χ0v) is 11.6. The minimum Gasteiger partial charge on any atom is -0.337 e. The molecule has 21 heavy (non-hydrogen) atoms. The predicted molar refractivity (Wildman–Crippen MR) is 70.6 cm³/mol. The van der Waals surface area contributed by atoms with Gasteiger partial charge in [0.05, 0.1) is 16.3 Å². The fraction of sp³-hybridized carbons (Fsp3) is 0.231. The summed E-state index contributed by atoms with van der Waals surface area (Å²) in [6.45, 7) is 1.66. The van der Waals surface area contributed by atoms with Gasteiger partial charge >= 0.3 is 0 Å². The third-order valence-electron chi connectivity index (χ3n) is 3.13. The number of halogens is 2. The van der Waals surface area contributed by atoms with Crippen LogP contribution in [0.5, 0.6) is 0 Å². The number of aryl methyl sites for hydroxylation is 1. The standard InChI is InChI=1S/C13H9ClFN3O3/c1-2-8-16-9(21-17-8)5-18-11-7(15)4-3-6(14)10(11)12(19)13(18)20/h3-4H,2,5H2,1H3. The first-order valence-corrected chi connectivity index (χ1v) is 6.56. The van der Waals surface area contributed by atoms with Gasteiger partial charge in [0, 0.05) is 6.42 Å². The van der Waals surface area contributed by atoms with Crippen LogP contribution in [0.4, 0.5) is 10.1 Å². The van der Waals surface area contributed by atoms with Crippen molar-refractivity contribution in [2.75, 3.05) is 4.90 Å². The molecule has 1 aromatic carbocycles. The van der Waals surface area contributed by atoms with Crippen molar-refractivity contribution in [2.45, 2.75) is 19.9 Å². The number of carbonyl (C=O) groups is 2. The Kier molecular flexibility index (Phi) is 3.21. The van der Waals surface area contributed by atoms with E-state index < -0.39 is 17.5 Å². The summed E-state index contributed by atoms with van der Waals surface area (Å²) < 4.78 is 18.9. The molecular formula is C13H9ClFN3O3. The predicted octanol–water partition coefficient (Wildman–Crippen LogP) is 2.15. The molecule has 0 aliphatic carbocycles. The quantitative estimate of drug-likeness (QED) is 0.812. The first-order chi connectivity index (χ1) is 10.0. The van der Waals surface area contributed by atoms with E-state index >= 15 is 0 Å². The van der Waals surface area contributed by atoms with Crippen LogP contribution in [0.25, 0.3) is 0 Å². The van der Waals surface area contributed by atoms with E-state index in [9.17, 15) is 14.0 Å². The molecule has 2 aromatic rings. The molecule has 0 saturated heterocycles. The molecule has 0 saturated carbocycles. The lowest BCUT2D eigenvalue weighted by Crippen LogP contribution is -2.29. The monoisotopic (exact) mass is 309 g/mol. The van der Waals surface area contributed by atoms with Crippen LogP contribution < -0.4 is 4.90 Å². The molecule has 0 spiro atoms. The molecule has 0 fully saturated rings. The fourth-order valence-electron chi connectivity index (χ4n) is 2.14. The smallest absolute Gasteiger partial charge is 0.300 e. The van der Waals surface area contributed by atoms with Gasteiger partial charge in [-0.2, -0.15) is 4.98 Å². The highest BCUT2D eigenvalue weighted by Gasteiger charge is 2.40. The molecule has 0 radical (unpaired) electrons. The maximum atomic E-state index is 14.0. The highest BCUT2D eigenvalue weighted by Crippen LogP contribution is 2.37. The zero-order valence-electron chi connectivity index (χ0n) is 10.9. The van der Waals surface area contributed by atoms with Crippen LogP contribution in [0, 0.1) is 5.82 Å². The Balaban J connectivity index is 2.03. The van der Waals surface area contributed by atoms with Crippen molar-refractivity contribution < 1.29 is 18.5 Å². The van der Waals surface area contributed by atoms with Gasteiger partial charge in [-0.25, -0.2) is 4.39 Å². The molecule has 0 unspecified atom stereocenters. The van der Waals surface area contributed by atoms with Crippen LogP contribution in [0.15, 0.2) is 16.7 Å². The van der Waals surface area contributed by atoms with Crippen molar-refractivity contribution in [1.29, 1.82) is 0 Å². The number of Topliss-reactive ketones (excluding diaryl/α,β-unsaturated/α-hetero) is 1. The second kappa shape index (κ2) is 4.92. The first-order valence-electron chi connectivity index (χ1n) is 6.18. The molecule has 1 aromatic heterocycles. The number of nitrogens with zero attached hydrogens (tertiary/aromatic N) is 3. The van der Waals surface area contributed by atoms with Gasteiger partial charge in [0.1, 0.15) is 12.4 Å². The lowest BCUT2D eigenvalue weighted by Gasteiger charge is -2.14. The Bertz CT molecular complexity index is 759. The summed E-state index contributed by atoms with van der Waals surface area (Å²) in [4.78, 5) is 28.9. The second-order valence-electron chi connectivity index (χ2n) is 4.43. The minimum atomic E-state index is -0.867. The molecule has 6 nitrogen and oxygen atoms in total. The summed E-state index contributed by atoms with van der Waals surface area (Å²) in [5, 5.41) is 3.72. The molecule has 0 atom stereocenters. The normalized spacial score (nSPS) is 14.0. The van der Waals surface area contributed by atoms with E-state index in [0.29, 0.717) is 12.2 Å². The molecule has 0 bridgehead atoms. The third kappa shape index (κ3) is 2.09. The summed E-state index contributed by atoms with van der Waals surface area (Å²) in [6.07, 6.45) is 0.563. The zero-order chi connectivity index (χ0) is 15.1. The van der Waals surface area contributed by atoms with Crippen molar-refractivity contribution in [1.82, 2.24) is 10.1 Å². The molecule has 0 N–H and O–H groups in total. The van der Waals surface area contributed by atoms with Gasteiger partial charge in [0.2, 0.25) is 5.89 Å². The van der Waals surface area contributed by atoms with Crippen molar-refractivity contribution in [2.24, 2.45) is 0 Å². The number of ketones is 1. The molecule has 108 valence electrons. The van der Waals surface area contributed by atoms with E-state index in [4.69, 9.17) is 16.1 Å². The molecule has 1 aliphatic rings. The highest BCUT2D eigenvalue weighted by molar-refractivity contribution is 6.55. The SMILES string of the molecule is CCc1noc(CN2C(=O)C(=O)c3c(Cl)ccc(F)c32)n1. The van der Waals surface area contributed by atoms with Gasteiger partial charge in [-0.15, -0.1) is 0 Å². The van der Waals surface area contributed by atoms with Crippen molar-refractivity contribution in [3.63, 3.8) is 0 Å². The first kappa shape index (κ1) is 13.7. The number of aromatic nitrogens is 2. The average molecular weight is 310 g/mol. The Labute approximate surface area is 123 Å². The van der Waals surface area contributed by atoms with Gasteiger partial charge < -0.3 is 4.52 Å². The van der Waals surface area contributed by atoms with E-state index in [1.165, 1.54) is 6.07 Å². The van der Waals surface area contributed by atoms with E-state index in [1.807, 2.05) is 6.92 Å². The largest absolute Gasteiger partial charge is 0.337 e. The lowest BCUT2D eigenvalue weighted by atomic mass is 10.1. The molecule has 8 heteroatoms. The number of anilines is 1. The Morgan fingerprint density at radius 1 is 1.38 bits per heavy atom. The molecule has 3 rings (SSSR count). The highest BCUT2D eigenvalue weighted by atomic mass is 35.5. The average Bonchev–Trinajstić information content (AvgIpc) is 3.02. The number of hydrogen-bond acceptors (Lipinski definition) is 5. The lowest BCUT2D eigenvalue weighted by molar-refractivity contribution is -0.114. The van der Waals surface area contributed by atoms with E-state index in [0.717, 1.165) is 11.0 Å². The van der Waals surface area contributed by atoms with Crippen LogP contribution in [0.2, 0.25) is 5.02 Å². The second-order valence-corrected chi connectivity index (χ2v) is 4.84. The molecular weight excluding hydrogens is 301 g/mol. The Morgan fingerprint density at radius 2 is 2.14 bits per heavy atom. The van der Waals surface area contributed by atoms with E-state index in [-0.39, 0.29) is 28.7 Å². The summed E-state index contributed by atoms with van der Waals surface area (Å²) >= 11 is 5.88. The Morgan fingerprint density at radius 3 is 2.81 bits per heavy atom. The maximum absolute atomic E-state index is 14.0. The van der Waals surface area contributed by atoms with Crippen LogP contribution in [-0.2, 0) is 17.8 Å². The van der Waals surface area contributed by atoms with Gasteiger partial charge in [-0.3, -0.25) is 14.5 Å². The fourth-order valence-corrected chi connectivity index (χ4v) is 2.37. The van der Waals surface area contributed by atoms with Gasteiger partial charge in [0.25, 0.3) is 11.7 Å². The van der Waals surface area contributed by atoms with Crippen LogP contribution >= 0.6 is 11.6 Å². The molecule has 1 amide bonds. The number of fused-ring (bicyclic) bond motifs is 1. The summed E-state index contributed by atoms with van der Waals surface area (Å²) in [7, 11) is 0. The third-order valence-corrected chi connectivity index (χ3v) is 3.45.